The van der Waals surface area contributed by atoms with Crippen molar-refractivity contribution in [2.45, 2.75) is 227 Å². The third-order valence-corrected chi connectivity index (χ3v) is 9.16. The first-order chi connectivity index (χ1) is 18.2. The Kier molecular flexibility index (Phi) is 32.2. The van der Waals surface area contributed by atoms with E-state index in [1.54, 1.807) is 0 Å². The maximum atomic E-state index is 2.53. The number of rotatable bonds is 32. The van der Waals surface area contributed by atoms with Crippen LogP contribution in [0.25, 0.3) is 0 Å². The van der Waals surface area contributed by atoms with E-state index in [1.807, 2.05) is 0 Å². The van der Waals surface area contributed by atoms with Crippen LogP contribution in [-0.4, -0.2) is 0 Å². The van der Waals surface area contributed by atoms with E-state index < -0.39 is 0 Å². The Morgan fingerprint density at radius 2 is 0.595 bits per heavy atom. The quantitative estimate of drug-likeness (QED) is 0.0773. The predicted octanol–water partition coefficient (Wildman–Crippen LogP) is 14.4. The van der Waals surface area contributed by atoms with E-state index in [1.165, 1.54) is 199 Å². The minimum atomic E-state index is 0.952. The highest BCUT2D eigenvalue weighted by molar-refractivity contribution is 4.63. The monoisotopic (exact) mass is 521 g/mol. The van der Waals surface area contributed by atoms with Gasteiger partial charge in [0.25, 0.3) is 0 Å². The van der Waals surface area contributed by atoms with Crippen molar-refractivity contribution in [3.8, 4) is 0 Å². The molecule has 224 valence electrons. The van der Waals surface area contributed by atoms with Crippen LogP contribution in [0.3, 0.4) is 0 Å². The molecule has 0 saturated carbocycles. The van der Waals surface area contributed by atoms with Crippen LogP contribution >= 0.6 is 0 Å². The van der Waals surface area contributed by atoms with Crippen LogP contribution in [0.1, 0.15) is 227 Å². The zero-order chi connectivity index (χ0) is 27.1. The van der Waals surface area contributed by atoms with Crippen LogP contribution in [-0.2, 0) is 0 Å². The van der Waals surface area contributed by atoms with Gasteiger partial charge < -0.3 is 0 Å². The molecule has 0 spiro atoms. The van der Waals surface area contributed by atoms with Gasteiger partial charge in [0.2, 0.25) is 0 Å². The van der Waals surface area contributed by atoms with Crippen molar-refractivity contribution in [3.63, 3.8) is 0 Å². The Labute approximate surface area is 238 Å². The lowest BCUT2D eigenvalue weighted by Crippen LogP contribution is -2.03. The summed E-state index contributed by atoms with van der Waals surface area (Å²) in [5.41, 5.74) is 0. The van der Waals surface area contributed by atoms with Gasteiger partial charge in [-0.2, -0.15) is 0 Å². The van der Waals surface area contributed by atoms with Crippen LogP contribution < -0.4 is 0 Å². The second-order valence-corrected chi connectivity index (χ2v) is 13.0. The highest BCUT2D eigenvalue weighted by Crippen LogP contribution is 2.25. The molecule has 0 aliphatic carbocycles. The maximum Gasteiger partial charge on any atom is -0.0417 e. The van der Waals surface area contributed by atoms with Gasteiger partial charge in [-0.1, -0.05) is 227 Å². The zero-order valence-corrected chi connectivity index (χ0v) is 27.1. The fourth-order valence-electron chi connectivity index (χ4n) is 6.18. The molecule has 2 atom stereocenters. The Balaban J connectivity index is 3.39. The summed E-state index contributed by atoms with van der Waals surface area (Å²) in [5, 5.41) is 0. The van der Waals surface area contributed by atoms with E-state index in [0.717, 1.165) is 11.8 Å². The first-order valence-electron chi connectivity index (χ1n) is 18.2. The molecule has 0 heteroatoms. The summed E-state index contributed by atoms with van der Waals surface area (Å²) in [5.74, 6) is 1.95. The molecule has 0 bridgehead atoms. The fourth-order valence-corrected chi connectivity index (χ4v) is 6.18. The van der Waals surface area contributed by atoms with Gasteiger partial charge in [-0.25, -0.2) is 0 Å². The van der Waals surface area contributed by atoms with Crippen molar-refractivity contribution in [1.82, 2.24) is 0 Å². The van der Waals surface area contributed by atoms with Crippen molar-refractivity contribution >= 4 is 0 Å². The van der Waals surface area contributed by atoms with Gasteiger partial charge in [0.1, 0.15) is 0 Å². The van der Waals surface area contributed by atoms with Crippen LogP contribution in [0, 0.1) is 11.8 Å². The highest BCUT2D eigenvalue weighted by Gasteiger charge is 2.09. The lowest BCUT2D eigenvalue weighted by atomic mass is 9.88. The first kappa shape index (κ1) is 37.0. The summed E-state index contributed by atoms with van der Waals surface area (Å²) >= 11 is 0. The Morgan fingerprint density at radius 3 is 0.919 bits per heavy atom. The minimum absolute atomic E-state index is 0.952. The first-order valence-corrected chi connectivity index (χ1v) is 18.2. The Morgan fingerprint density at radius 1 is 0.297 bits per heavy atom. The average molecular weight is 521 g/mol. The van der Waals surface area contributed by atoms with E-state index in [-0.39, 0.29) is 0 Å². The molecule has 2 unspecified atom stereocenters. The summed E-state index contributed by atoms with van der Waals surface area (Å²) < 4.78 is 0. The molecule has 37 heavy (non-hydrogen) atoms. The molecule has 0 fully saturated rings. The van der Waals surface area contributed by atoms with Gasteiger partial charge in [-0.05, 0) is 11.8 Å². The topological polar surface area (TPSA) is 0 Å². The summed E-state index contributed by atoms with van der Waals surface area (Å²) in [6.07, 6.45) is 45.6. The van der Waals surface area contributed by atoms with E-state index in [4.69, 9.17) is 0 Å². The molecular weight excluding hydrogens is 444 g/mol. The van der Waals surface area contributed by atoms with Gasteiger partial charge >= 0.3 is 0 Å². The van der Waals surface area contributed by atoms with Crippen LogP contribution in [0.4, 0.5) is 0 Å². The van der Waals surface area contributed by atoms with Crippen molar-refractivity contribution in [2.24, 2.45) is 11.8 Å². The SMILES string of the molecule is CCCCCCCCCCCCCCCCC(CC)CCC(C)CCCCCCCCCCCCCC. The second kappa shape index (κ2) is 32.2. The second-order valence-electron chi connectivity index (χ2n) is 13.0. The maximum absolute atomic E-state index is 2.53. The molecule has 0 saturated heterocycles. The number of hydrogen-bond donors (Lipinski definition) is 0. The van der Waals surface area contributed by atoms with Crippen molar-refractivity contribution < 1.29 is 0 Å². The third kappa shape index (κ3) is 30.4. The largest absolute Gasteiger partial charge is 0.0654 e. The third-order valence-electron chi connectivity index (χ3n) is 9.16. The molecule has 0 rings (SSSR count). The molecule has 0 aromatic heterocycles. The van der Waals surface area contributed by atoms with Crippen molar-refractivity contribution in [2.75, 3.05) is 0 Å². The Hall–Kier alpha value is 0. The molecule has 0 amide bonds. The molecule has 0 aromatic carbocycles. The summed E-state index contributed by atoms with van der Waals surface area (Å²) in [6.45, 7) is 9.58. The van der Waals surface area contributed by atoms with Crippen LogP contribution in [0.15, 0.2) is 0 Å². The molecule has 0 aromatic rings. The average Bonchev–Trinajstić information content (AvgIpc) is 2.91. The van der Waals surface area contributed by atoms with E-state index in [2.05, 4.69) is 27.7 Å². The zero-order valence-electron chi connectivity index (χ0n) is 27.1. The molecule has 0 N–H and O–H groups in total. The van der Waals surface area contributed by atoms with Gasteiger partial charge in [0.05, 0.1) is 0 Å². The highest BCUT2D eigenvalue weighted by atomic mass is 14.2. The predicted molar refractivity (Wildman–Crippen MR) is 173 cm³/mol. The van der Waals surface area contributed by atoms with Gasteiger partial charge in [0, 0.05) is 0 Å². The van der Waals surface area contributed by atoms with Crippen LogP contribution in [0.5, 0.6) is 0 Å². The fraction of sp³-hybridized carbons (Fsp3) is 1.00. The normalized spacial score (nSPS) is 13.3. The number of hydrogen-bond acceptors (Lipinski definition) is 0. The van der Waals surface area contributed by atoms with Crippen LogP contribution in [0.2, 0.25) is 0 Å². The molecule has 0 heterocycles. The number of unbranched alkanes of at least 4 members (excludes halogenated alkanes) is 24. The summed E-state index contributed by atoms with van der Waals surface area (Å²) in [6, 6.07) is 0. The standard InChI is InChI=1S/C37H76/c1-5-8-10-12-14-16-18-20-21-23-25-27-29-31-33-37(7-3)35-34-36(4)32-30-28-26-24-22-19-17-15-13-11-9-6-2/h36-37H,5-35H2,1-4H3. The van der Waals surface area contributed by atoms with Gasteiger partial charge in [0.15, 0.2) is 0 Å². The van der Waals surface area contributed by atoms with Crippen molar-refractivity contribution in [1.29, 1.82) is 0 Å². The summed E-state index contributed by atoms with van der Waals surface area (Å²) in [7, 11) is 0. The molecule has 0 nitrogen and oxygen atoms in total. The summed E-state index contributed by atoms with van der Waals surface area (Å²) in [4.78, 5) is 0. The molecule has 0 radical (unpaired) electrons. The Bertz CT molecular complexity index is 385. The molecular formula is C37H76. The van der Waals surface area contributed by atoms with E-state index in [9.17, 15) is 0 Å². The lowest BCUT2D eigenvalue weighted by molar-refractivity contribution is 0.352. The lowest BCUT2D eigenvalue weighted by Gasteiger charge is -2.18. The molecule has 0 aliphatic heterocycles. The smallest absolute Gasteiger partial charge is 0.0417 e. The molecule has 0 aliphatic rings. The van der Waals surface area contributed by atoms with E-state index in [0.29, 0.717) is 0 Å². The van der Waals surface area contributed by atoms with Gasteiger partial charge in [-0.3, -0.25) is 0 Å². The minimum Gasteiger partial charge on any atom is -0.0654 e. The van der Waals surface area contributed by atoms with E-state index >= 15 is 0 Å². The van der Waals surface area contributed by atoms with Crippen molar-refractivity contribution in [3.05, 3.63) is 0 Å². The van der Waals surface area contributed by atoms with Gasteiger partial charge in [-0.15, -0.1) is 0 Å².